The Balaban J connectivity index is 2.00. The molecule has 1 aromatic rings. The molecule has 0 saturated carbocycles. The molecule has 96 valence electrons. The van der Waals surface area contributed by atoms with Gasteiger partial charge in [-0.05, 0) is 5.56 Å². The van der Waals surface area contributed by atoms with Gasteiger partial charge in [0.25, 0.3) is 0 Å². The Morgan fingerprint density at radius 2 is 2.11 bits per heavy atom. The molecule has 0 aromatic heterocycles. The van der Waals surface area contributed by atoms with Gasteiger partial charge in [-0.15, -0.1) is 6.58 Å². The van der Waals surface area contributed by atoms with E-state index in [4.69, 9.17) is 14.6 Å². The Morgan fingerprint density at radius 3 is 2.72 bits per heavy atom. The first-order valence-corrected chi connectivity index (χ1v) is 5.85. The summed E-state index contributed by atoms with van der Waals surface area (Å²) in [6.45, 7) is 3.78. The number of aliphatic hydroxyl groups excluding tert-OH is 1. The summed E-state index contributed by atoms with van der Waals surface area (Å²) in [5.74, 6) is -0.735. The average Bonchev–Trinajstić information content (AvgIpc) is 2.73. The first-order chi connectivity index (χ1) is 8.76. The number of hydrogen-bond donors (Lipinski definition) is 1. The van der Waals surface area contributed by atoms with Gasteiger partial charge in [-0.3, -0.25) is 0 Å². The van der Waals surface area contributed by atoms with Gasteiger partial charge in [-0.2, -0.15) is 0 Å². The van der Waals surface area contributed by atoms with Crippen LogP contribution in [0.5, 0.6) is 0 Å². The van der Waals surface area contributed by atoms with Crippen LogP contribution in [0.25, 0.3) is 0 Å². The molecule has 1 heterocycles. The summed E-state index contributed by atoms with van der Waals surface area (Å²) in [5.41, 5.74) is 0.987. The van der Waals surface area contributed by atoms with Crippen LogP contribution in [0.2, 0.25) is 0 Å². The minimum absolute atomic E-state index is 0.215. The van der Waals surface area contributed by atoms with Gasteiger partial charge in [-0.25, -0.2) is 4.79 Å². The minimum Gasteiger partial charge on any atom is -0.457 e. The van der Waals surface area contributed by atoms with Crippen LogP contribution in [0, 0.1) is 5.92 Å². The predicted molar refractivity (Wildman–Crippen MR) is 65.7 cm³/mol. The molecule has 4 nitrogen and oxygen atoms in total. The Labute approximate surface area is 106 Å². The van der Waals surface area contributed by atoms with E-state index in [0.717, 1.165) is 5.56 Å². The summed E-state index contributed by atoms with van der Waals surface area (Å²) in [6.07, 6.45) is 0.372. The zero-order chi connectivity index (χ0) is 13.0. The zero-order valence-corrected chi connectivity index (χ0v) is 9.99. The van der Waals surface area contributed by atoms with E-state index in [0.29, 0.717) is 6.61 Å². The molecule has 1 aliphatic heterocycles. The van der Waals surface area contributed by atoms with Crippen LogP contribution in [0.4, 0.5) is 0 Å². The quantitative estimate of drug-likeness (QED) is 0.630. The number of carbonyl (C=O) groups is 1. The van der Waals surface area contributed by atoms with Crippen molar-refractivity contribution >= 4 is 5.97 Å². The molecule has 1 aromatic carbocycles. The third-order valence-corrected chi connectivity index (χ3v) is 3.00. The number of ether oxygens (including phenoxy) is 2. The molecule has 1 N–H and O–H groups in total. The maximum Gasteiger partial charge on any atom is 0.336 e. The maximum absolute atomic E-state index is 11.6. The van der Waals surface area contributed by atoms with Crippen molar-refractivity contribution in [2.45, 2.75) is 18.8 Å². The van der Waals surface area contributed by atoms with Gasteiger partial charge in [0.15, 0.2) is 6.10 Å². The van der Waals surface area contributed by atoms with Crippen LogP contribution in [0.1, 0.15) is 5.56 Å². The molecule has 0 unspecified atom stereocenters. The van der Waals surface area contributed by atoms with Gasteiger partial charge >= 0.3 is 5.97 Å². The van der Waals surface area contributed by atoms with Crippen molar-refractivity contribution in [2.24, 2.45) is 5.92 Å². The van der Waals surface area contributed by atoms with E-state index in [1.807, 2.05) is 30.3 Å². The summed E-state index contributed by atoms with van der Waals surface area (Å²) in [6, 6.07) is 9.58. The normalized spacial score (nSPS) is 26.9. The molecule has 3 atom stereocenters. The van der Waals surface area contributed by atoms with Gasteiger partial charge in [0.05, 0.1) is 19.1 Å². The third-order valence-electron chi connectivity index (χ3n) is 3.00. The smallest absolute Gasteiger partial charge is 0.336 e. The molecule has 0 radical (unpaired) electrons. The Hall–Kier alpha value is -1.65. The Morgan fingerprint density at radius 1 is 1.39 bits per heavy atom. The first-order valence-electron chi connectivity index (χ1n) is 5.85. The van der Waals surface area contributed by atoms with E-state index < -0.39 is 18.2 Å². The van der Waals surface area contributed by atoms with Crippen molar-refractivity contribution < 1.29 is 19.4 Å². The second-order valence-corrected chi connectivity index (χ2v) is 4.19. The lowest BCUT2D eigenvalue weighted by Gasteiger charge is -2.15. The predicted octanol–water partition coefficient (Wildman–Crippen LogP) is 1.29. The summed E-state index contributed by atoms with van der Waals surface area (Å²) in [7, 11) is 0. The standard InChI is InChI=1S/C14H16O4/c1-2-11-12(8-15)18-14(16)13(11)17-9-10-6-4-3-5-7-10/h2-7,11-13,15H,1,8-9H2/t11-,12-,13+/m1/s1. The van der Waals surface area contributed by atoms with E-state index in [9.17, 15) is 4.79 Å². The number of carbonyl (C=O) groups excluding carboxylic acids is 1. The van der Waals surface area contributed by atoms with E-state index in [-0.39, 0.29) is 12.5 Å². The van der Waals surface area contributed by atoms with Gasteiger partial charge in [0.1, 0.15) is 6.10 Å². The Kier molecular flexibility index (Phi) is 4.12. The fourth-order valence-corrected chi connectivity index (χ4v) is 2.02. The highest BCUT2D eigenvalue weighted by Gasteiger charge is 2.43. The number of hydrogen-bond acceptors (Lipinski definition) is 4. The van der Waals surface area contributed by atoms with Crippen LogP contribution in [-0.4, -0.2) is 29.9 Å². The van der Waals surface area contributed by atoms with Crippen LogP contribution < -0.4 is 0 Å². The highest BCUT2D eigenvalue weighted by molar-refractivity contribution is 5.78. The first kappa shape index (κ1) is 12.8. The van der Waals surface area contributed by atoms with E-state index >= 15 is 0 Å². The molecular weight excluding hydrogens is 232 g/mol. The van der Waals surface area contributed by atoms with Crippen molar-refractivity contribution in [1.29, 1.82) is 0 Å². The van der Waals surface area contributed by atoms with Crippen LogP contribution in [0.3, 0.4) is 0 Å². The van der Waals surface area contributed by atoms with Crippen LogP contribution in [0.15, 0.2) is 43.0 Å². The fraction of sp³-hybridized carbons (Fsp3) is 0.357. The van der Waals surface area contributed by atoms with Crippen molar-refractivity contribution in [3.05, 3.63) is 48.6 Å². The monoisotopic (exact) mass is 248 g/mol. The van der Waals surface area contributed by atoms with Crippen molar-refractivity contribution in [2.75, 3.05) is 6.61 Å². The van der Waals surface area contributed by atoms with Crippen LogP contribution in [-0.2, 0) is 20.9 Å². The lowest BCUT2D eigenvalue weighted by Crippen LogP contribution is -2.28. The summed E-state index contributed by atoms with van der Waals surface area (Å²) in [4.78, 5) is 11.6. The number of esters is 1. The maximum atomic E-state index is 11.6. The van der Waals surface area contributed by atoms with Crippen molar-refractivity contribution in [1.82, 2.24) is 0 Å². The van der Waals surface area contributed by atoms with E-state index in [2.05, 4.69) is 6.58 Å². The minimum atomic E-state index is -0.681. The van der Waals surface area contributed by atoms with Gasteiger partial charge in [0.2, 0.25) is 0 Å². The highest BCUT2D eigenvalue weighted by Crippen LogP contribution is 2.26. The van der Waals surface area contributed by atoms with Crippen LogP contribution >= 0.6 is 0 Å². The molecule has 1 aliphatic rings. The lowest BCUT2D eigenvalue weighted by atomic mass is 9.99. The number of cyclic esters (lactones) is 1. The van der Waals surface area contributed by atoms with Gasteiger partial charge in [0, 0.05) is 0 Å². The molecule has 1 saturated heterocycles. The fourth-order valence-electron chi connectivity index (χ4n) is 2.02. The lowest BCUT2D eigenvalue weighted by molar-refractivity contribution is -0.151. The Bertz CT molecular complexity index is 415. The van der Waals surface area contributed by atoms with E-state index in [1.54, 1.807) is 6.08 Å². The summed E-state index contributed by atoms with van der Waals surface area (Å²) in [5, 5.41) is 9.11. The third kappa shape index (κ3) is 2.60. The molecule has 0 spiro atoms. The molecule has 4 heteroatoms. The molecule has 0 aliphatic carbocycles. The van der Waals surface area contributed by atoms with Crippen molar-refractivity contribution in [3.8, 4) is 0 Å². The zero-order valence-electron chi connectivity index (χ0n) is 9.99. The number of aliphatic hydroxyl groups is 1. The van der Waals surface area contributed by atoms with Crippen molar-refractivity contribution in [3.63, 3.8) is 0 Å². The topological polar surface area (TPSA) is 55.8 Å². The summed E-state index contributed by atoms with van der Waals surface area (Å²) < 4.78 is 10.6. The second-order valence-electron chi connectivity index (χ2n) is 4.19. The second kappa shape index (κ2) is 5.80. The average molecular weight is 248 g/mol. The highest BCUT2D eigenvalue weighted by atomic mass is 16.6. The molecular formula is C14H16O4. The van der Waals surface area contributed by atoms with Gasteiger partial charge < -0.3 is 14.6 Å². The number of benzene rings is 1. The molecule has 0 bridgehead atoms. The molecule has 1 fully saturated rings. The largest absolute Gasteiger partial charge is 0.457 e. The molecule has 2 rings (SSSR count). The van der Waals surface area contributed by atoms with Gasteiger partial charge in [-0.1, -0.05) is 36.4 Å². The van der Waals surface area contributed by atoms with E-state index in [1.165, 1.54) is 0 Å². The molecule has 0 amide bonds. The molecule has 18 heavy (non-hydrogen) atoms. The number of rotatable bonds is 5. The summed E-state index contributed by atoms with van der Waals surface area (Å²) >= 11 is 0. The SMILES string of the molecule is C=C[C@H]1[C@H](OCc2ccccc2)C(=O)O[C@@H]1CO.